The van der Waals surface area contributed by atoms with E-state index in [1.807, 2.05) is 36.4 Å². The molecule has 2 heterocycles. The SMILES string of the molecule is C[C@H]1Oc2ccccc2O[C@H]1C(=O)Nc1nnc(SCc2ccccc2)s1. The van der Waals surface area contributed by atoms with Gasteiger partial charge in [0.25, 0.3) is 5.91 Å². The maximum Gasteiger partial charge on any atom is 0.271 e. The number of nitrogens with zero attached hydrogens (tertiary/aromatic N) is 2. The van der Waals surface area contributed by atoms with Crippen molar-refractivity contribution in [1.29, 1.82) is 0 Å². The fourth-order valence-electron chi connectivity index (χ4n) is 2.62. The first-order valence-electron chi connectivity index (χ1n) is 8.42. The van der Waals surface area contributed by atoms with Crippen LogP contribution in [0.2, 0.25) is 0 Å². The smallest absolute Gasteiger partial charge is 0.271 e. The van der Waals surface area contributed by atoms with Crippen LogP contribution >= 0.6 is 23.1 Å². The number of rotatable bonds is 5. The fourth-order valence-corrected chi connectivity index (χ4v) is 4.33. The number of benzene rings is 2. The number of aromatic nitrogens is 2. The lowest BCUT2D eigenvalue weighted by Crippen LogP contribution is -2.46. The highest BCUT2D eigenvalue weighted by molar-refractivity contribution is 8.00. The Morgan fingerprint density at radius 3 is 2.56 bits per heavy atom. The van der Waals surface area contributed by atoms with E-state index in [0.717, 1.165) is 10.1 Å². The van der Waals surface area contributed by atoms with Gasteiger partial charge in [0.05, 0.1) is 0 Å². The summed E-state index contributed by atoms with van der Waals surface area (Å²) in [6.45, 7) is 1.81. The number of thioether (sulfide) groups is 1. The van der Waals surface area contributed by atoms with Crippen molar-refractivity contribution in [3.05, 3.63) is 60.2 Å². The van der Waals surface area contributed by atoms with Crippen molar-refractivity contribution in [3.63, 3.8) is 0 Å². The van der Waals surface area contributed by atoms with E-state index in [-0.39, 0.29) is 5.91 Å². The summed E-state index contributed by atoms with van der Waals surface area (Å²) in [5.41, 5.74) is 1.21. The molecule has 6 nitrogen and oxygen atoms in total. The molecule has 0 saturated carbocycles. The number of para-hydroxylation sites is 2. The first-order chi connectivity index (χ1) is 13.2. The normalized spacial score (nSPS) is 18.1. The van der Waals surface area contributed by atoms with Crippen LogP contribution in [0.3, 0.4) is 0 Å². The first-order valence-corrected chi connectivity index (χ1v) is 10.2. The number of hydrogen-bond acceptors (Lipinski definition) is 7. The first kappa shape index (κ1) is 17.8. The van der Waals surface area contributed by atoms with Gasteiger partial charge in [-0.2, -0.15) is 0 Å². The predicted molar refractivity (Wildman–Crippen MR) is 105 cm³/mol. The van der Waals surface area contributed by atoms with Gasteiger partial charge in [0.1, 0.15) is 6.10 Å². The van der Waals surface area contributed by atoms with Crippen LogP contribution in [0.1, 0.15) is 12.5 Å². The molecule has 0 unspecified atom stereocenters. The average molecular weight is 399 g/mol. The van der Waals surface area contributed by atoms with Gasteiger partial charge in [0.15, 0.2) is 15.8 Å². The topological polar surface area (TPSA) is 73.3 Å². The molecule has 138 valence electrons. The highest BCUT2D eigenvalue weighted by Gasteiger charge is 2.34. The highest BCUT2D eigenvalue weighted by Crippen LogP contribution is 2.34. The molecule has 1 N–H and O–H groups in total. The molecule has 3 aromatic rings. The summed E-state index contributed by atoms with van der Waals surface area (Å²) in [6, 6.07) is 17.4. The molecular weight excluding hydrogens is 382 g/mol. The van der Waals surface area contributed by atoms with Gasteiger partial charge >= 0.3 is 0 Å². The quantitative estimate of drug-likeness (QED) is 0.516. The van der Waals surface area contributed by atoms with E-state index in [0.29, 0.717) is 16.6 Å². The molecule has 1 amide bonds. The molecule has 2 aromatic carbocycles. The van der Waals surface area contributed by atoms with E-state index < -0.39 is 12.2 Å². The molecule has 0 radical (unpaired) electrons. The fraction of sp³-hybridized carbons (Fsp3) is 0.211. The largest absolute Gasteiger partial charge is 0.482 e. The number of carbonyl (C=O) groups excluding carboxylic acids is 1. The number of carbonyl (C=O) groups is 1. The molecule has 1 aliphatic rings. The summed E-state index contributed by atoms with van der Waals surface area (Å²) in [5.74, 6) is 1.71. The van der Waals surface area contributed by atoms with Crippen LogP contribution < -0.4 is 14.8 Å². The van der Waals surface area contributed by atoms with Crippen molar-refractivity contribution in [2.45, 2.75) is 29.2 Å². The number of hydrogen-bond donors (Lipinski definition) is 1. The van der Waals surface area contributed by atoms with Gasteiger partial charge < -0.3 is 9.47 Å². The number of amides is 1. The minimum Gasteiger partial charge on any atom is -0.482 e. The maximum absolute atomic E-state index is 12.6. The van der Waals surface area contributed by atoms with Crippen molar-refractivity contribution in [3.8, 4) is 11.5 Å². The van der Waals surface area contributed by atoms with Crippen molar-refractivity contribution in [2.75, 3.05) is 5.32 Å². The Labute approximate surface area is 164 Å². The van der Waals surface area contributed by atoms with Gasteiger partial charge in [-0.3, -0.25) is 10.1 Å². The van der Waals surface area contributed by atoms with Gasteiger partial charge in [-0.05, 0) is 24.6 Å². The van der Waals surface area contributed by atoms with Crippen LogP contribution in [0.5, 0.6) is 11.5 Å². The predicted octanol–water partition coefficient (Wildman–Crippen LogP) is 4.00. The lowest BCUT2D eigenvalue weighted by atomic mass is 10.1. The van der Waals surface area contributed by atoms with Crippen molar-refractivity contribution in [1.82, 2.24) is 10.2 Å². The van der Waals surface area contributed by atoms with Crippen molar-refractivity contribution < 1.29 is 14.3 Å². The van der Waals surface area contributed by atoms with E-state index in [1.54, 1.807) is 24.8 Å². The minimum atomic E-state index is -0.746. The summed E-state index contributed by atoms with van der Waals surface area (Å²) in [5, 5.41) is 11.4. The molecule has 8 heteroatoms. The second-order valence-electron chi connectivity index (χ2n) is 5.94. The Hall–Kier alpha value is -2.58. The van der Waals surface area contributed by atoms with Gasteiger partial charge in [0, 0.05) is 5.75 Å². The van der Waals surface area contributed by atoms with Crippen molar-refractivity contribution in [2.24, 2.45) is 0 Å². The number of anilines is 1. The van der Waals surface area contributed by atoms with Crippen LogP contribution in [0, 0.1) is 0 Å². The van der Waals surface area contributed by atoms with Gasteiger partial charge in [-0.15, -0.1) is 10.2 Å². The number of nitrogens with one attached hydrogen (secondary N) is 1. The Balaban J connectivity index is 1.37. The Kier molecular flexibility index (Phi) is 5.26. The zero-order valence-electron chi connectivity index (χ0n) is 14.5. The Bertz CT molecular complexity index is 933. The second kappa shape index (κ2) is 7.98. The summed E-state index contributed by atoms with van der Waals surface area (Å²) < 4.78 is 12.4. The number of fused-ring (bicyclic) bond motifs is 1. The van der Waals surface area contributed by atoms with Gasteiger partial charge in [0.2, 0.25) is 11.2 Å². The third kappa shape index (κ3) is 4.23. The zero-order chi connectivity index (χ0) is 18.6. The van der Waals surface area contributed by atoms with E-state index in [1.165, 1.54) is 16.9 Å². The molecule has 4 rings (SSSR count). The molecule has 0 fully saturated rings. The summed E-state index contributed by atoms with van der Waals surface area (Å²) >= 11 is 2.93. The second-order valence-corrected chi connectivity index (χ2v) is 8.14. The van der Waals surface area contributed by atoms with Crippen LogP contribution in [0.4, 0.5) is 5.13 Å². The van der Waals surface area contributed by atoms with Crippen LogP contribution in [0.15, 0.2) is 58.9 Å². The van der Waals surface area contributed by atoms with Crippen LogP contribution in [-0.4, -0.2) is 28.3 Å². The zero-order valence-corrected chi connectivity index (χ0v) is 16.1. The molecule has 0 spiro atoms. The van der Waals surface area contributed by atoms with E-state index >= 15 is 0 Å². The molecule has 0 bridgehead atoms. The standard InChI is InChI=1S/C19H17N3O3S2/c1-12-16(25-15-10-6-5-9-14(15)24-12)17(23)20-18-21-22-19(27-18)26-11-13-7-3-2-4-8-13/h2-10,12,16H,11H2,1H3,(H,20,21,23)/t12-,16-/m1/s1. The molecule has 0 saturated heterocycles. The molecular formula is C19H17N3O3S2. The third-order valence-corrected chi connectivity index (χ3v) is 5.99. The van der Waals surface area contributed by atoms with E-state index in [2.05, 4.69) is 27.6 Å². The van der Waals surface area contributed by atoms with Gasteiger partial charge in [-0.25, -0.2) is 0 Å². The Morgan fingerprint density at radius 2 is 1.78 bits per heavy atom. The van der Waals surface area contributed by atoms with Crippen molar-refractivity contribution >= 4 is 34.1 Å². The summed E-state index contributed by atoms with van der Waals surface area (Å²) in [7, 11) is 0. The monoisotopic (exact) mass is 399 g/mol. The summed E-state index contributed by atoms with van der Waals surface area (Å²) in [6.07, 6.45) is -1.15. The van der Waals surface area contributed by atoms with E-state index in [4.69, 9.17) is 9.47 Å². The van der Waals surface area contributed by atoms with Crippen LogP contribution in [0.25, 0.3) is 0 Å². The van der Waals surface area contributed by atoms with E-state index in [9.17, 15) is 4.79 Å². The summed E-state index contributed by atoms with van der Waals surface area (Å²) in [4.78, 5) is 12.6. The number of ether oxygens (including phenoxy) is 2. The molecule has 1 aliphatic heterocycles. The minimum absolute atomic E-state index is 0.298. The Morgan fingerprint density at radius 1 is 1.07 bits per heavy atom. The van der Waals surface area contributed by atoms with Gasteiger partial charge in [-0.1, -0.05) is 65.6 Å². The lowest BCUT2D eigenvalue weighted by Gasteiger charge is -2.30. The third-order valence-electron chi connectivity index (χ3n) is 3.94. The highest BCUT2D eigenvalue weighted by atomic mass is 32.2. The average Bonchev–Trinajstić information content (AvgIpc) is 3.14. The molecule has 1 aromatic heterocycles. The maximum atomic E-state index is 12.6. The van der Waals surface area contributed by atoms with Crippen LogP contribution in [-0.2, 0) is 10.5 Å². The molecule has 27 heavy (non-hydrogen) atoms. The molecule has 2 atom stereocenters. The lowest BCUT2D eigenvalue weighted by molar-refractivity contribution is -0.128. The molecule has 0 aliphatic carbocycles.